The van der Waals surface area contributed by atoms with Crippen LogP contribution < -0.4 is 5.32 Å². The van der Waals surface area contributed by atoms with Gasteiger partial charge in [0.05, 0.1) is 15.5 Å². The summed E-state index contributed by atoms with van der Waals surface area (Å²) in [4.78, 5) is 23.2. The number of carbonyl (C=O) groups is 2. The molecule has 0 saturated carbocycles. The van der Waals surface area contributed by atoms with Crippen molar-refractivity contribution >= 4 is 33.5 Å². The van der Waals surface area contributed by atoms with Crippen LogP contribution in [0.5, 0.6) is 0 Å². The van der Waals surface area contributed by atoms with Gasteiger partial charge in [-0.3, -0.25) is 4.79 Å². The van der Waals surface area contributed by atoms with Crippen LogP contribution in [0.15, 0.2) is 35.7 Å². The second-order valence-corrected chi connectivity index (χ2v) is 7.16. The zero-order valence-electron chi connectivity index (χ0n) is 12.7. The molecular weight excluding hydrogens is 344 g/mol. The number of nitrogens with zero attached hydrogens (tertiary/aromatic N) is 1. The molecule has 0 unspecified atom stereocenters. The molecule has 0 heterocycles. The molecule has 23 heavy (non-hydrogen) atoms. The highest BCUT2D eigenvalue weighted by molar-refractivity contribution is 7.89. The van der Waals surface area contributed by atoms with E-state index in [0.29, 0.717) is 0 Å². The Morgan fingerprint density at radius 3 is 2.61 bits per heavy atom. The van der Waals surface area contributed by atoms with Gasteiger partial charge in [0.25, 0.3) is 5.91 Å². The van der Waals surface area contributed by atoms with E-state index in [1.54, 1.807) is 0 Å². The van der Waals surface area contributed by atoms with Gasteiger partial charge in [0, 0.05) is 20.6 Å². The Kier molecular flexibility index (Phi) is 6.74. The molecule has 1 N–H and O–H groups in total. The predicted molar refractivity (Wildman–Crippen MR) is 85.8 cm³/mol. The number of ether oxygens (including phenoxy) is 1. The van der Waals surface area contributed by atoms with Gasteiger partial charge in [-0.15, -0.1) is 6.58 Å². The van der Waals surface area contributed by atoms with E-state index in [9.17, 15) is 18.0 Å². The topological polar surface area (TPSA) is 92.8 Å². The van der Waals surface area contributed by atoms with Crippen LogP contribution in [0.3, 0.4) is 0 Å². The first kappa shape index (κ1) is 19.1. The van der Waals surface area contributed by atoms with E-state index < -0.39 is 28.5 Å². The lowest BCUT2D eigenvalue weighted by atomic mass is 10.2. The largest absolute Gasteiger partial charge is 0.452 e. The van der Waals surface area contributed by atoms with Gasteiger partial charge in [-0.25, -0.2) is 17.5 Å². The zero-order valence-corrected chi connectivity index (χ0v) is 14.3. The maximum atomic E-state index is 12.1. The third-order valence-corrected chi connectivity index (χ3v) is 4.85. The van der Waals surface area contributed by atoms with Gasteiger partial charge in [0.15, 0.2) is 6.61 Å². The van der Waals surface area contributed by atoms with Crippen LogP contribution >= 0.6 is 11.6 Å². The van der Waals surface area contributed by atoms with Crippen LogP contribution in [0.2, 0.25) is 5.02 Å². The van der Waals surface area contributed by atoms with Gasteiger partial charge in [-0.2, -0.15) is 0 Å². The highest BCUT2D eigenvalue weighted by Crippen LogP contribution is 2.22. The van der Waals surface area contributed by atoms with Crippen molar-refractivity contribution in [2.75, 3.05) is 27.2 Å². The molecule has 0 spiro atoms. The van der Waals surface area contributed by atoms with E-state index in [-0.39, 0.29) is 22.0 Å². The minimum atomic E-state index is -3.72. The second kappa shape index (κ2) is 8.09. The van der Waals surface area contributed by atoms with Crippen LogP contribution in [0.4, 0.5) is 0 Å². The fourth-order valence-corrected chi connectivity index (χ4v) is 2.60. The summed E-state index contributed by atoms with van der Waals surface area (Å²) < 4.78 is 29.9. The highest BCUT2D eigenvalue weighted by atomic mass is 35.5. The molecule has 1 rings (SSSR count). The molecule has 1 aromatic rings. The van der Waals surface area contributed by atoms with Crippen molar-refractivity contribution in [3.05, 3.63) is 41.4 Å². The highest BCUT2D eigenvalue weighted by Gasteiger charge is 2.21. The number of halogens is 1. The minimum absolute atomic E-state index is 0.0270. The van der Waals surface area contributed by atoms with E-state index >= 15 is 0 Å². The monoisotopic (exact) mass is 360 g/mol. The molecule has 1 aromatic carbocycles. The molecule has 1 amide bonds. The molecule has 0 atom stereocenters. The predicted octanol–water partition coefficient (Wildman–Crippen LogP) is 1.05. The number of amides is 1. The lowest BCUT2D eigenvalue weighted by molar-refractivity contribution is -0.124. The Labute approximate surface area is 139 Å². The summed E-state index contributed by atoms with van der Waals surface area (Å²) in [7, 11) is -0.983. The van der Waals surface area contributed by atoms with E-state index in [4.69, 9.17) is 16.3 Å². The van der Waals surface area contributed by atoms with Crippen molar-refractivity contribution in [1.82, 2.24) is 9.62 Å². The molecule has 0 fully saturated rings. The van der Waals surface area contributed by atoms with Gasteiger partial charge in [0.2, 0.25) is 10.0 Å². The van der Waals surface area contributed by atoms with Crippen molar-refractivity contribution < 1.29 is 22.7 Å². The number of hydrogen-bond donors (Lipinski definition) is 1. The fourth-order valence-electron chi connectivity index (χ4n) is 1.48. The van der Waals surface area contributed by atoms with Crippen molar-refractivity contribution in [3.63, 3.8) is 0 Å². The van der Waals surface area contributed by atoms with Crippen LogP contribution in [0.25, 0.3) is 0 Å². The Morgan fingerprint density at radius 2 is 2.04 bits per heavy atom. The Hall–Kier alpha value is -1.90. The Balaban J connectivity index is 2.93. The zero-order chi connectivity index (χ0) is 17.6. The van der Waals surface area contributed by atoms with E-state index in [0.717, 1.165) is 10.4 Å². The number of hydrogen-bond acceptors (Lipinski definition) is 5. The smallest absolute Gasteiger partial charge is 0.340 e. The summed E-state index contributed by atoms with van der Waals surface area (Å²) >= 11 is 5.90. The summed E-state index contributed by atoms with van der Waals surface area (Å²) in [5, 5.41) is 2.46. The molecule has 0 aliphatic heterocycles. The number of nitrogens with one attached hydrogen (secondary N) is 1. The molecule has 0 bridgehead atoms. The van der Waals surface area contributed by atoms with E-state index in [1.807, 2.05) is 0 Å². The summed E-state index contributed by atoms with van der Waals surface area (Å²) in [5.74, 6) is -1.40. The first-order chi connectivity index (χ1) is 10.7. The summed E-state index contributed by atoms with van der Waals surface area (Å²) in [6, 6.07) is 3.68. The summed E-state index contributed by atoms with van der Waals surface area (Å²) in [5.41, 5.74) is -0.133. The Morgan fingerprint density at radius 1 is 1.39 bits per heavy atom. The summed E-state index contributed by atoms with van der Waals surface area (Å²) in [6.07, 6.45) is 1.48. The first-order valence-corrected chi connectivity index (χ1v) is 8.28. The third kappa shape index (κ3) is 5.05. The Bertz CT molecular complexity index is 716. The molecule has 0 aliphatic rings. The first-order valence-electron chi connectivity index (χ1n) is 6.47. The van der Waals surface area contributed by atoms with Gasteiger partial charge < -0.3 is 10.1 Å². The van der Waals surface area contributed by atoms with E-state index in [1.165, 1.54) is 32.3 Å². The maximum absolute atomic E-state index is 12.1. The standard InChI is InChI=1S/C14H17ClN2O5S/c1-4-7-16-13(18)9-22-14(19)11-8-10(5-6-12(11)15)23(20,21)17(2)3/h4-6,8H,1,7,9H2,2-3H3,(H,16,18). The van der Waals surface area contributed by atoms with Crippen LogP contribution in [0, 0.1) is 0 Å². The SMILES string of the molecule is C=CCNC(=O)COC(=O)c1cc(S(=O)(=O)N(C)C)ccc1Cl. The lowest BCUT2D eigenvalue weighted by Crippen LogP contribution is -2.29. The van der Waals surface area contributed by atoms with E-state index in [2.05, 4.69) is 11.9 Å². The molecule has 0 aliphatic carbocycles. The second-order valence-electron chi connectivity index (χ2n) is 4.60. The summed E-state index contributed by atoms with van der Waals surface area (Å²) in [6.45, 7) is 3.17. The number of benzene rings is 1. The minimum Gasteiger partial charge on any atom is -0.452 e. The third-order valence-electron chi connectivity index (χ3n) is 2.71. The quantitative estimate of drug-likeness (QED) is 0.579. The van der Waals surface area contributed by atoms with Gasteiger partial charge in [-0.1, -0.05) is 17.7 Å². The molecule has 7 nitrogen and oxygen atoms in total. The molecule has 0 aromatic heterocycles. The normalized spacial score (nSPS) is 11.1. The van der Waals surface area contributed by atoms with Crippen molar-refractivity contribution in [1.29, 1.82) is 0 Å². The number of carbonyl (C=O) groups excluding carboxylic acids is 2. The molecule has 9 heteroatoms. The number of esters is 1. The van der Waals surface area contributed by atoms with Crippen molar-refractivity contribution in [2.45, 2.75) is 4.90 Å². The number of sulfonamides is 1. The lowest BCUT2D eigenvalue weighted by Gasteiger charge is -2.13. The van der Waals surface area contributed by atoms with Crippen molar-refractivity contribution in [2.24, 2.45) is 0 Å². The molecule has 126 valence electrons. The van der Waals surface area contributed by atoms with Crippen LogP contribution in [-0.4, -0.2) is 51.8 Å². The molecule has 0 radical (unpaired) electrons. The van der Waals surface area contributed by atoms with Gasteiger partial charge in [0.1, 0.15) is 0 Å². The van der Waals surface area contributed by atoms with Gasteiger partial charge in [-0.05, 0) is 18.2 Å². The number of rotatable bonds is 7. The molecular formula is C14H17ClN2O5S. The average molecular weight is 361 g/mol. The maximum Gasteiger partial charge on any atom is 0.340 e. The average Bonchev–Trinajstić information content (AvgIpc) is 2.50. The van der Waals surface area contributed by atoms with Gasteiger partial charge >= 0.3 is 5.97 Å². The van der Waals surface area contributed by atoms with Crippen LogP contribution in [-0.2, 0) is 19.6 Å². The fraction of sp³-hybridized carbons (Fsp3) is 0.286. The van der Waals surface area contributed by atoms with Crippen molar-refractivity contribution in [3.8, 4) is 0 Å². The molecule has 0 saturated heterocycles. The van der Waals surface area contributed by atoms with Crippen LogP contribution in [0.1, 0.15) is 10.4 Å².